The van der Waals surface area contributed by atoms with Crippen molar-refractivity contribution in [3.8, 4) is 11.5 Å². The van der Waals surface area contributed by atoms with Gasteiger partial charge in [0.1, 0.15) is 17.1 Å². The second kappa shape index (κ2) is 10.8. The Kier molecular flexibility index (Phi) is 7.34. The summed E-state index contributed by atoms with van der Waals surface area (Å²) < 4.78 is 10.7. The molecule has 1 aliphatic rings. The fourth-order valence-electron chi connectivity index (χ4n) is 3.67. The van der Waals surface area contributed by atoms with Gasteiger partial charge in [-0.05, 0) is 73.0 Å². The van der Waals surface area contributed by atoms with Gasteiger partial charge >= 0.3 is 6.03 Å². The minimum Gasteiger partial charge on any atom is -0.495 e. The summed E-state index contributed by atoms with van der Waals surface area (Å²) in [6, 6.07) is 17.9. The van der Waals surface area contributed by atoms with Gasteiger partial charge in [-0.2, -0.15) is 0 Å². The van der Waals surface area contributed by atoms with E-state index >= 15 is 0 Å². The number of hydrogen-bond acceptors (Lipinski definition) is 6. The van der Waals surface area contributed by atoms with E-state index in [1.165, 1.54) is 13.2 Å². The maximum absolute atomic E-state index is 13.1. The SMILES string of the molecule is COc1ccccc1NC(=O)COc1ccc(/C=C2/C(=O)NC(=O)N(c3ccc(C)c(C)c3)C2=O)cc1. The van der Waals surface area contributed by atoms with Gasteiger partial charge in [-0.3, -0.25) is 19.7 Å². The number of amides is 5. The number of nitrogens with zero attached hydrogens (tertiary/aromatic N) is 1. The van der Waals surface area contributed by atoms with Gasteiger partial charge in [0.25, 0.3) is 17.7 Å². The number of para-hydroxylation sites is 2. The van der Waals surface area contributed by atoms with Crippen molar-refractivity contribution in [3.63, 3.8) is 0 Å². The number of nitrogens with one attached hydrogen (secondary N) is 2. The first-order valence-electron chi connectivity index (χ1n) is 11.4. The Labute approximate surface area is 213 Å². The molecule has 2 N–H and O–H groups in total. The number of rotatable bonds is 7. The number of carbonyl (C=O) groups is 4. The van der Waals surface area contributed by atoms with E-state index in [2.05, 4.69) is 10.6 Å². The number of hydrogen-bond donors (Lipinski definition) is 2. The highest BCUT2D eigenvalue weighted by molar-refractivity contribution is 6.39. The molecule has 0 atom stereocenters. The topological polar surface area (TPSA) is 114 Å². The van der Waals surface area contributed by atoms with Crippen molar-refractivity contribution in [2.24, 2.45) is 0 Å². The van der Waals surface area contributed by atoms with E-state index in [4.69, 9.17) is 9.47 Å². The molecule has 37 heavy (non-hydrogen) atoms. The van der Waals surface area contributed by atoms with E-state index in [-0.39, 0.29) is 18.1 Å². The molecule has 1 saturated heterocycles. The van der Waals surface area contributed by atoms with E-state index in [1.807, 2.05) is 13.8 Å². The predicted octanol–water partition coefficient (Wildman–Crippen LogP) is 4.00. The smallest absolute Gasteiger partial charge is 0.335 e. The Hall–Kier alpha value is -4.92. The van der Waals surface area contributed by atoms with Crippen molar-refractivity contribution in [1.29, 1.82) is 0 Å². The van der Waals surface area contributed by atoms with Crippen LogP contribution in [0.25, 0.3) is 6.08 Å². The van der Waals surface area contributed by atoms with Gasteiger partial charge in [-0.1, -0.05) is 30.3 Å². The molecular weight excluding hydrogens is 474 g/mol. The van der Waals surface area contributed by atoms with Crippen LogP contribution in [-0.2, 0) is 14.4 Å². The van der Waals surface area contributed by atoms with Crippen LogP contribution in [-0.4, -0.2) is 37.5 Å². The monoisotopic (exact) mass is 499 g/mol. The minimum absolute atomic E-state index is 0.178. The van der Waals surface area contributed by atoms with Gasteiger partial charge in [-0.15, -0.1) is 0 Å². The maximum atomic E-state index is 13.1. The highest BCUT2D eigenvalue weighted by Crippen LogP contribution is 2.25. The highest BCUT2D eigenvalue weighted by Gasteiger charge is 2.36. The quantitative estimate of drug-likeness (QED) is 0.375. The molecule has 1 heterocycles. The fourth-order valence-corrected chi connectivity index (χ4v) is 3.67. The maximum Gasteiger partial charge on any atom is 0.335 e. The molecule has 0 aromatic heterocycles. The van der Waals surface area contributed by atoms with Gasteiger partial charge in [0.05, 0.1) is 18.5 Å². The second-order valence-electron chi connectivity index (χ2n) is 8.33. The lowest BCUT2D eigenvalue weighted by Crippen LogP contribution is -2.54. The summed E-state index contributed by atoms with van der Waals surface area (Å²) in [5.41, 5.74) is 3.19. The highest BCUT2D eigenvalue weighted by atomic mass is 16.5. The molecule has 9 heteroatoms. The summed E-state index contributed by atoms with van der Waals surface area (Å²) in [5, 5.41) is 4.94. The van der Waals surface area contributed by atoms with Crippen LogP contribution in [0.5, 0.6) is 11.5 Å². The zero-order valence-electron chi connectivity index (χ0n) is 20.5. The predicted molar refractivity (Wildman–Crippen MR) is 138 cm³/mol. The Morgan fingerprint density at radius 2 is 1.70 bits per heavy atom. The molecule has 0 unspecified atom stereocenters. The molecule has 3 aromatic carbocycles. The first-order chi connectivity index (χ1) is 17.8. The van der Waals surface area contributed by atoms with Crippen LogP contribution in [0, 0.1) is 13.8 Å². The van der Waals surface area contributed by atoms with Crippen molar-refractivity contribution in [2.45, 2.75) is 13.8 Å². The summed E-state index contributed by atoms with van der Waals surface area (Å²) in [5.74, 6) is -0.902. The van der Waals surface area contributed by atoms with Crippen LogP contribution in [0.1, 0.15) is 16.7 Å². The molecular formula is C28H25N3O6. The summed E-state index contributed by atoms with van der Waals surface area (Å²) in [4.78, 5) is 51.1. The lowest BCUT2D eigenvalue weighted by Gasteiger charge is -2.26. The van der Waals surface area contributed by atoms with E-state index < -0.39 is 17.8 Å². The number of anilines is 2. The third-order valence-electron chi connectivity index (χ3n) is 5.79. The van der Waals surface area contributed by atoms with Gasteiger partial charge in [0.2, 0.25) is 0 Å². The third kappa shape index (κ3) is 5.67. The molecule has 0 spiro atoms. The van der Waals surface area contributed by atoms with Crippen LogP contribution in [0.3, 0.4) is 0 Å². The fraction of sp³-hybridized carbons (Fsp3) is 0.143. The van der Waals surface area contributed by atoms with Crippen LogP contribution < -0.4 is 25.0 Å². The summed E-state index contributed by atoms with van der Waals surface area (Å²) in [6.45, 7) is 3.57. The van der Waals surface area contributed by atoms with Crippen LogP contribution in [0.2, 0.25) is 0 Å². The Morgan fingerprint density at radius 1 is 0.973 bits per heavy atom. The van der Waals surface area contributed by atoms with Crippen LogP contribution in [0.4, 0.5) is 16.2 Å². The normalized spacial score (nSPS) is 14.4. The Balaban J connectivity index is 1.44. The van der Waals surface area contributed by atoms with Crippen molar-refractivity contribution >= 4 is 41.2 Å². The van der Waals surface area contributed by atoms with Crippen LogP contribution in [0.15, 0.2) is 72.3 Å². The summed E-state index contributed by atoms with van der Waals surface area (Å²) in [6.07, 6.45) is 1.40. The zero-order valence-corrected chi connectivity index (χ0v) is 20.5. The number of aryl methyl sites for hydroxylation is 2. The lowest BCUT2D eigenvalue weighted by molar-refractivity contribution is -0.122. The van der Waals surface area contributed by atoms with E-state index in [0.717, 1.165) is 16.0 Å². The van der Waals surface area contributed by atoms with E-state index in [0.29, 0.717) is 28.4 Å². The number of barbiturate groups is 1. The molecule has 5 amide bonds. The average Bonchev–Trinajstić information content (AvgIpc) is 2.88. The Morgan fingerprint density at radius 3 is 2.41 bits per heavy atom. The molecule has 1 fully saturated rings. The van der Waals surface area contributed by atoms with Crippen molar-refractivity contribution in [2.75, 3.05) is 23.9 Å². The van der Waals surface area contributed by atoms with Gasteiger partial charge in [0.15, 0.2) is 6.61 Å². The molecule has 1 aliphatic heterocycles. The first kappa shape index (κ1) is 25.2. The first-order valence-corrected chi connectivity index (χ1v) is 11.4. The molecule has 188 valence electrons. The van der Waals surface area contributed by atoms with E-state index in [9.17, 15) is 19.2 Å². The summed E-state index contributed by atoms with van der Waals surface area (Å²) in [7, 11) is 1.52. The number of imide groups is 2. The Bertz CT molecular complexity index is 1410. The number of carbonyl (C=O) groups excluding carboxylic acids is 4. The number of ether oxygens (including phenoxy) is 2. The molecule has 4 rings (SSSR count). The number of urea groups is 1. The summed E-state index contributed by atoms with van der Waals surface area (Å²) >= 11 is 0. The molecule has 0 radical (unpaired) electrons. The lowest BCUT2D eigenvalue weighted by atomic mass is 10.1. The number of benzene rings is 3. The largest absolute Gasteiger partial charge is 0.495 e. The van der Waals surface area contributed by atoms with Gasteiger partial charge in [-0.25, -0.2) is 9.69 Å². The van der Waals surface area contributed by atoms with Gasteiger partial charge < -0.3 is 14.8 Å². The van der Waals surface area contributed by atoms with Gasteiger partial charge in [0, 0.05) is 0 Å². The molecule has 0 aliphatic carbocycles. The van der Waals surface area contributed by atoms with Crippen LogP contribution >= 0.6 is 0 Å². The van der Waals surface area contributed by atoms with Crippen molar-refractivity contribution < 1.29 is 28.7 Å². The minimum atomic E-state index is -0.800. The second-order valence-corrected chi connectivity index (χ2v) is 8.33. The molecule has 0 saturated carbocycles. The van der Waals surface area contributed by atoms with Crippen molar-refractivity contribution in [3.05, 3.63) is 89.0 Å². The van der Waals surface area contributed by atoms with Crippen molar-refractivity contribution in [1.82, 2.24) is 5.32 Å². The number of methoxy groups -OCH3 is 1. The standard InChI is InChI=1S/C28H25N3O6/c1-17-8-11-20(14-18(17)2)31-27(34)22(26(33)30-28(31)35)15-19-9-12-21(13-10-19)37-16-25(32)29-23-6-4-5-7-24(23)36-3/h4-15H,16H2,1-3H3,(H,29,32)(H,30,33,35)/b22-15-. The molecule has 9 nitrogen and oxygen atoms in total. The van der Waals surface area contributed by atoms with E-state index in [1.54, 1.807) is 66.7 Å². The molecule has 0 bridgehead atoms. The molecule has 3 aromatic rings. The zero-order chi connectivity index (χ0) is 26.5. The average molecular weight is 500 g/mol. The third-order valence-corrected chi connectivity index (χ3v) is 5.79.